The Kier molecular flexibility index (Phi) is 7.21. The first-order valence-electron chi connectivity index (χ1n) is 8.51. The molecular weight excluding hydrogens is 375 g/mol. The van der Waals surface area contributed by atoms with E-state index in [0.717, 1.165) is 17.2 Å². The zero-order valence-corrected chi connectivity index (χ0v) is 15.8. The number of hydrogen-bond acceptors (Lipinski definition) is 2. The highest BCUT2D eigenvalue weighted by atomic mass is 32.2. The molecule has 0 aliphatic carbocycles. The van der Waals surface area contributed by atoms with Crippen molar-refractivity contribution < 1.29 is 21.6 Å². The molecule has 7 heteroatoms. The van der Waals surface area contributed by atoms with Gasteiger partial charge in [0.2, 0.25) is 10.0 Å². The molecule has 0 fully saturated rings. The summed E-state index contributed by atoms with van der Waals surface area (Å²) in [6, 6.07) is 15.6. The Morgan fingerprint density at radius 2 is 1.59 bits per heavy atom. The highest BCUT2D eigenvalue weighted by Gasteiger charge is 2.25. The third-order valence-electron chi connectivity index (χ3n) is 3.92. The van der Waals surface area contributed by atoms with Crippen LogP contribution in [0.4, 0.5) is 13.2 Å². The Hall–Kier alpha value is -2.12. The van der Waals surface area contributed by atoms with Crippen LogP contribution in [0.3, 0.4) is 0 Å². The van der Waals surface area contributed by atoms with E-state index < -0.39 is 22.6 Å². The molecule has 146 valence electrons. The molecule has 0 amide bonds. The van der Waals surface area contributed by atoms with E-state index in [2.05, 4.69) is 0 Å². The van der Waals surface area contributed by atoms with Gasteiger partial charge in [0.25, 0.3) is 0 Å². The van der Waals surface area contributed by atoms with Gasteiger partial charge in [-0.1, -0.05) is 60.2 Å². The number of sulfonamides is 1. The van der Waals surface area contributed by atoms with Gasteiger partial charge in [-0.3, -0.25) is 0 Å². The first-order valence-corrected chi connectivity index (χ1v) is 9.95. The van der Waals surface area contributed by atoms with Crippen molar-refractivity contribution in [2.45, 2.75) is 37.4 Å². The number of aryl methyl sites for hydroxylation is 1. The molecule has 0 aromatic heterocycles. The molecule has 2 rings (SSSR count). The lowest BCUT2D eigenvalue weighted by Crippen LogP contribution is -2.31. The van der Waals surface area contributed by atoms with E-state index in [4.69, 9.17) is 0 Å². The van der Waals surface area contributed by atoms with Crippen LogP contribution in [0, 0.1) is 6.92 Å². The van der Waals surface area contributed by atoms with Crippen LogP contribution in [0.25, 0.3) is 0 Å². The van der Waals surface area contributed by atoms with Crippen LogP contribution in [0.1, 0.15) is 24.0 Å². The molecular formula is C20H22F3NO2S. The minimum atomic E-state index is -4.26. The maximum absolute atomic E-state index is 13.0. The normalized spacial score (nSPS) is 12.8. The van der Waals surface area contributed by atoms with Gasteiger partial charge < -0.3 is 0 Å². The largest absolute Gasteiger partial charge is 0.392 e. The highest BCUT2D eigenvalue weighted by molar-refractivity contribution is 7.89. The van der Waals surface area contributed by atoms with Gasteiger partial charge in [0.05, 0.1) is 11.3 Å². The van der Waals surface area contributed by atoms with Gasteiger partial charge in [-0.25, -0.2) is 8.42 Å². The SMILES string of the molecule is Cc1ccc(S(=O)(=O)N(CC/C=C/CC(F)(F)F)Cc2ccccc2)cc1. The van der Waals surface area contributed by atoms with Crippen LogP contribution >= 0.6 is 0 Å². The summed E-state index contributed by atoms with van der Waals surface area (Å²) in [5.74, 6) is 0. The summed E-state index contributed by atoms with van der Waals surface area (Å²) < 4.78 is 63.9. The van der Waals surface area contributed by atoms with Gasteiger partial charge in [0, 0.05) is 13.1 Å². The van der Waals surface area contributed by atoms with Crippen molar-refractivity contribution in [3.8, 4) is 0 Å². The quantitative estimate of drug-likeness (QED) is 0.582. The summed E-state index contributed by atoms with van der Waals surface area (Å²) in [6.07, 6.45) is -2.67. The molecule has 0 bridgehead atoms. The molecule has 0 unspecified atom stereocenters. The molecule has 0 atom stereocenters. The number of rotatable bonds is 8. The molecule has 3 nitrogen and oxygen atoms in total. The van der Waals surface area contributed by atoms with E-state index in [9.17, 15) is 21.6 Å². The predicted molar refractivity (Wildman–Crippen MR) is 99.6 cm³/mol. The van der Waals surface area contributed by atoms with Gasteiger partial charge in [-0.2, -0.15) is 17.5 Å². The standard InChI is InChI=1S/C20H22F3NO2S/c1-17-10-12-19(13-11-17)27(25,26)24(16-18-8-4-2-5-9-18)15-7-3-6-14-20(21,22)23/h2-6,8-13H,7,14-16H2,1H3/b6-3+. The third kappa shape index (κ3) is 6.84. The molecule has 0 heterocycles. The summed E-state index contributed by atoms with van der Waals surface area (Å²) in [4.78, 5) is 0.170. The fraction of sp³-hybridized carbons (Fsp3) is 0.300. The van der Waals surface area contributed by atoms with E-state index in [1.807, 2.05) is 37.3 Å². The molecule has 0 N–H and O–H groups in total. The Labute approximate surface area is 158 Å². The summed E-state index contributed by atoms with van der Waals surface area (Å²) in [6.45, 7) is 2.12. The van der Waals surface area contributed by atoms with Gasteiger partial charge in [0.15, 0.2) is 0 Å². The van der Waals surface area contributed by atoms with Crippen molar-refractivity contribution in [1.29, 1.82) is 0 Å². The minimum Gasteiger partial charge on any atom is -0.207 e. The Morgan fingerprint density at radius 3 is 2.19 bits per heavy atom. The summed E-state index contributed by atoms with van der Waals surface area (Å²) in [5.41, 5.74) is 1.76. The van der Waals surface area contributed by atoms with Crippen LogP contribution in [-0.4, -0.2) is 25.4 Å². The van der Waals surface area contributed by atoms with E-state index in [0.29, 0.717) is 0 Å². The molecule has 0 radical (unpaired) electrons. The fourth-order valence-electron chi connectivity index (χ4n) is 2.48. The maximum Gasteiger partial charge on any atom is 0.392 e. The summed E-state index contributed by atoms with van der Waals surface area (Å²) in [7, 11) is -3.75. The van der Waals surface area contributed by atoms with Crippen LogP contribution in [-0.2, 0) is 16.6 Å². The van der Waals surface area contributed by atoms with E-state index in [1.165, 1.54) is 10.4 Å². The lowest BCUT2D eigenvalue weighted by atomic mass is 10.2. The first kappa shape index (κ1) is 21.2. The van der Waals surface area contributed by atoms with Crippen LogP contribution < -0.4 is 0 Å². The topological polar surface area (TPSA) is 37.4 Å². The second-order valence-electron chi connectivity index (χ2n) is 6.22. The summed E-state index contributed by atoms with van der Waals surface area (Å²) in [5, 5.41) is 0. The molecule has 2 aromatic carbocycles. The molecule has 2 aromatic rings. The molecule has 0 saturated carbocycles. The van der Waals surface area contributed by atoms with E-state index >= 15 is 0 Å². The van der Waals surface area contributed by atoms with Gasteiger partial charge in [-0.15, -0.1) is 0 Å². The van der Waals surface area contributed by atoms with Crippen molar-refractivity contribution in [2.75, 3.05) is 6.54 Å². The monoisotopic (exact) mass is 397 g/mol. The van der Waals surface area contributed by atoms with Crippen molar-refractivity contribution in [1.82, 2.24) is 4.31 Å². The van der Waals surface area contributed by atoms with E-state index in [-0.39, 0.29) is 24.4 Å². The zero-order chi connectivity index (χ0) is 19.9. The van der Waals surface area contributed by atoms with Crippen molar-refractivity contribution >= 4 is 10.0 Å². The Balaban J connectivity index is 2.17. The number of alkyl halides is 3. The molecule has 27 heavy (non-hydrogen) atoms. The number of nitrogens with zero attached hydrogens (tertiary/aromatic N) is 1. The van der Waals surface area contributed by atoms with Gasteiger partial charge in [-0.05, 0) is 31.0 Å². The van der Waals surface area contributed by atoms with Gasteiger partial charge in [0.1, 0.15) is 0 Å². The number of allylic oxidation sites excluding steroid dienone is 1. The minimum absolute atomic E-state index is 0.0967. The number of halogens is 3. The smallest absolute Gasteiger partial charge is 0.207 e. The maximum atomic E-state index is 13.0. The van der Waals surface area contributed by atoms with E-state index in [1.54, 1.807) is 24.3 Å². The number of benzene rings is 2. The fourth-order valence-corrected chi connectivity index (χ4v) is 3.93. The summed E-state index contributed by atoms with van der Waals surface area (Å²) >= 11 is 0. The third-order valence-corrected chi connectivity index (χ3v) is 5.78. The first-order chi connectivity index (χ1) is 12.7. The van der Waals surface area contributed by atoms with Crippen LogP contribution in [0.2, 0.25) is 0 Å². The highest BCUT2D eigenvalue weighted by Crippen LogP contribution is 2.21. The Morgan fingerprint density at radius 1 is 0.963 bits per heavy atom. The second kappa shape index (κ2) is 9.19. The average Bonchev–Trinajstić information content (AvgIpc) is 2.60. The van der Waals surface area contributed by atoms with Crippen molar-refractivity contribution in [3.05, 3.63) is 77.9 Å². The molecule has 0 saturated heterocycles. The Bertz CT molecular complexity index is 845. The predicted octanol–water partition coefficient (Wildman–Crippen LogP) is 5.08. The van der Waals surface area contributed by atoms with Crippen LogP contribution in [0.5, 0.6) is 0 Å². The number of hydrogen-bond donors (Lipinski definition) is 0. The molecule has 0 aliphatic heterocycles. The average molecular weight is 397 g/mol. The molecule has 0 spiro atoms. The van der Waals surface area contributed by atoms with Gasteiger partial charge >= 0.3 is 6.18 Å². The van der Waals surface area contributed by atoms with Crippen molar-refractivity contribution in [3.63, 3.8) is 0 Å². The lowest BCUT2D eigenvalue weighted by molar-refractivity contribution is -0.125. The van der Waals surface area contributed by atoms with Crippen molar-refractivity contribution in [2.24, 2.45) is 0 Å². The molecule has 0 aliphatic rings. The second-order valence-corrected chi connectivity index (χ2v) is 8.15. The van der Waals surface area contributed by atoms with Crippen LogP contribution in [0.15, 0.2) is 71.6 Å². The lowest BCUT2D eigenvalue weighted by Gasteiger charge is -2.22. The zero-order valence-electron chi connectivity index (χ0n) is 15.0.